The van der Waals surface area contributed by atoms with E-state index in [9.17, 15) is 23.1 Å². The van der Waals surface area contributed by atoms with E-state index in [0.717, 1.165) is 17.8 Å². The molecule has 164 valence electrons. The molecule has 0 atom stereocenters. The van der Waals surface area contributed by atoms with E-state index in [-0.39, 0.29) is 22.9 Å². The van der Waals surface area contributed by atoms with Crippen LogP contribution in [-0.2, 0) is 4.79 Å². The number of para-hydroxylation sites is 2. The lowest BCUT2D eigenvalue weighted by Gasteiger charge is -2.13. The van der Waals surface area contributed by atoms with Crippen molar-refractivity contribution < 1.29 is 41.8 Å². The molecule has 1 aromatic heterocycles. The normalized spacial score (nSPS) is 11.2. The molecule has 0 saturated heterocycles. The van der Waals surface area contributed by atoms with Crippen LogP contribution in [0.1, 0.15) is 6.42 Å². The first-order chi connectivity index (χ1) is 14.8. The molecule has 0 aliphatic rings. The molecule has 1 amide bonds. The monoisotopic (exact) mass is 455 g/mol. The fourth-order valence-electron chi connectivity index (χ4n) is 2.49. The van der Waals surface area contributed by atoms with Crippen LogP contribution in [0.3, 0.4) is 0 Å². The van der Waals surface area contributed by atoms with Gasteiger partial charge in [0.2, 0.25) is 11.6 Å². The number of hydrogen-bond acceptors (Lipinski definition) is 7. The largest absolute Gasteiger partial charge is 0.573 e. The zero-order chi connectivity index (χ0) is 22.4. The first-order valence-electron chi connectivity index (χ1n) is 8.77. The zero-order valence-electron chi connectivity index (χ0n) is 16.0. The summed E-state index contributed by atoms with van der Waals surface area (Å²) in [7, 11) is 1.52. The quantitative estimate of drug-likeness (QED) is 0.412. The number of ether oxygens (including phenoxy) is 2. The third-order valence-electron chi connectivity index (χ3n) is 3.84. The second-order valence-electron chi connectivity index (χ2n) is 5.97. The van der Waals surface area contributed by atoms with E-state index >= 15 is 0 Å². The number of methoxy groups -OCH3 is 1. The van der Waals surface area contributed by atoms with Crippen molar-refractivity contribution in [2.24, 2.45) is 0 Å². The Labute approximate surface area is 178 Å². The Hall–Kier alpha value is -3.41. The van der Waals surface area contributed by atoms with Gasteiger partial charge in [0.25, 0.3) is 5.03 Å². The number of nitrogens with zero attached hydrogens (tertiary/aromatic N) is 2. The number of benzene rings is 2. The highest BCUT2D eigenvalue weighted by Gasteiger charge is 2.32. The minimum Gasteiger partial charge on any atom is -0.538 e. The van der Waals surface area contributed by atoms with Gasteiger partial charge in [-0.2, -0.15) is 0 Å². The Morgan fingerprint density at radius 3 is 2.61 bits per heavy atom. The SMILES string of the molecule is COc1ccc(-[n+]2noc([O-])c2SCCC(=O)Nc2ccccc2OC(F)(F)F)cc1. The van der Waals surface area contributed by atoms with Crippen LogP contribution in [0.15, 0.2) is 58.1 Å². The number of nitrogens with one attached hydrogen (secondary N) is 1. The van der Waals surface area contributed by atoms with Crippen LogP contribution in [0, 0.1) is 0 Å². The van der Waals surface area contributed by atoms with Gasteiger partial charge in [-0.05, 0) is 28.9 Å². The maximum atomic E-state index is 12.5. The average Bonchev–Trinajstić information content (AvgIpc) is 3.09. The Balaban J connectivity index is 1.61. The fraction of sp³-hybridized carbons (Fsp3) is 0.211. The van der Waals surface area contributed by atoms with Gasteiger partial charge in [-0.1, -0.05) is 23.9 Å². The van der Waals surface area contributed by atoms with Crippen molar-refractivity contribution in [3.05, 3.63) is 48.5 Å². The molecule has 12 heteroatoms. The highest BCUT2D eigenvalue weighted by atomic mass is 32.2. The zero-order valence-corrected chi connectivity index (χ0v) is 16.8. The lowest BCUT2D eigenvalue weighted by molar-refractivity contribution is -0.705. The van der Waals surface area contributed by atoms with Crippen LogP contribution in [0.25, 0.3) is 5.69 Å². The minimum atomic E-state index is -4.88. The first kappa shape index (κ1) is 22.3. The number of carbonyl (C=O) groups is 1. The van der Waals surface area contributed by atoms with Crippen LogP contribution in [0.5, 0.6) is 17.4 Å². The summed E-state index contributed by atoms with van der Waals surface area (Å²) in [6, 6.07) is 11.9. The number of amides is 1. The molecule has 0 fully saturated rings. The number of thioether (sulfide) groups is 1. The average molecular weight is 455 g/mol. The van der Waals surface area contributed by atoms with Crippen molar-refractivity contribution in [2.45, 2.75) is 17.8 Å². The summed E-state index contributed by atoms with van der Waals surface area (Å²) in [5, 5.41) is 18.2. The van der Waals surface area contributed by atoms with Crippen LogP contribution in [0.4, 0.5) is 18.9 Å². The predicted octanol–water partition coefficient (Wildman–Crippen LogP) is 3.05. The molecule has 1 N–H and O–H groups in total. The second-order valence-corrected chi connectivity index (χ2v) is 7.05. The number of rotatable bonds is 8. The van der Waals surface area contributed by atoms with Crippen molar-refractivity contribution in [3.63, 3.8) is 0 Å². The molecule has 2 aromatic carbocycles. The van der Waals surface area contributed by atoms with Crippen molar-refractivity contribution in [1.82, 2.24) is 5.27 Å². The van der Waals surface area contributed by atoms with Gasteiger partial charge >= 0.3 is 6.36 Å². The topological polar surface area (TPSA) is 101 Å². The van der Waals surface area contributed by atoms with Crippen LogP contribution in [-0.4, -0.2) is 30.4 Å². The van der Waals surface area contributed by atoms with Gasteiger partial charge in [0, 0.05) is 24.3 Å². The number of alkyl halides is 3. The van der Waals surface area contributed by atoms with Crippen LogP contribution < -0.4 is 24.6 Å². The summed E-state index contributed by atoms with van der Waals surface area (Å²) in [5.74, 6) is -0.971. The molecule has 31 heavy (non-hydrogen) atoms. The maximum Gasteiger partial charge on any atom is 0.573 e. The Kier molecular flexibility index (Phi) is 6.90. The smallest absolute Gasteiger partial charge is 0.538 e. The summed E-state index contributed by atoms with van der Waals surface area (Å²) >= 11 is 1.03. The van der Waals surface area contributed by atoms with E-state index in [0.29, 0.717) is 11.4 Å². The van der Waals surface area contributed by atoms with E-state index < -0.39 is 24.0 Å². The third kappa shape index (κ3) is 6.04. The van der Waals surface area contributed by atoms with Gasteiger partial charge in [0.05, 0.1) is 18.1 Å². The van der Waals surface area contributed by atoms with E-state index in [2.05, 4.69) is 15.3 Å². The molecule has 0 unspecified atom stereocenters. The van der Waals surface area contributed by atoms with Crippen LogP contribution >= 0.6 is 11.8 Å². The number of aromatic nitrogens is 2. The molecule has 0 bridgehead atoms. The molecule has 8 nitrogen and oxygen atoms in total. The molecule has 0 aliphatic carbocycles. The summed E-state index contributed by atoms with van der Waals surface area (Å²) in [6.45, 7) is 0. The minimum absolute atomic E-state index is 0.0851. The highest BCUT2D eigenvalue weighted by molar-refractivity contribution is 7.99. The molecule has 0 radical (unpaired) electrons. The summed E-state index contributed by atoms with van der Waals surface area (Å²) in [5.41, 5.74) is 0.439. The lowest BCUT2D eigenvalue weighted by atomic mass is 10.3. The number of hydrogen-bond donors (Lipinski definition) is 1. The first-order valence-corrected chi connectivity index (χ1v) is 9.76. The predicted molar refractivity (Wildman–Crippen MR) is 101 cm³/mol. The summed E-state index contributed by atoms with van der Waals surface area (Å²) in [6.07, 6.45) is -4.97. The van der Waals surface area contributed by atoms with E-state index in [1.54, 1.807) is 24.3 Å². The molecular weight excluding hydrogens is 439 g/mol. The van der Waals surface area contributed by atoms with Crippen molar-refractivity contribution in [1.29, 1.82) is 0 Å². The molecule has 0 spiro atoms. The Morgan fingerprint density at radius 1 is 1.23 bits per heavy atom. The highest BCUT2D eigenvalue weighted by Crippen LogP contribution is 2.30. The van der Waals surface area contributed by atoms with Gasteiger partial charge < -0.3 is 24.4 Å². The van der Waals surface area contributed by atoms with Gasteiger partial charge in [-0.15, -0.1) is 13.2 Å². The van der Waals surface area contributed by atoms with E-state index in [1.165, 1.54) is 30.0 Å². The summed E-state index contributed by atoms with van der Waals surface area (Å²) in [4.78, 5) is 12.2. The molecule has 1 heterocycles. The fourth-order valence-corrected chi connectivity index (χ4v) is 3.38. The second kappa shape index (κ2) is 9.60. The number of anilines is 1. The van der Waals surface area contributed by atoms with Crippen molar-refractivity contribution in [3.8, 4) is 23.1 Å². The lowest BCUT2D eigenvalue weighted by Crippen LogP contribution is -2.34. The van der Waals surface area contributed by atoms with Gasteiger partial charge in [0.15, 0.2) is 11.7 Å². The Bertz CT molecular complexity index is 1040. The van der Waals surface area contributed by atoms with Crippen LogP contribution in [0.2, 0.25) is 0 Å². The number of halogens is 3. The van der Waals surface area contributed by atoms with E-state index in [1.807, 2.05) is 0 Å². The van der Waals surface area contributed by atoms with Crippen molar-refractivity contribution >= 4 is 23.4 Å². The maximum absolute atomic E-state index is 12.5. The molecule has 3 rings (SSSR count). The molecular formula is C19H16F3N3O5S. The molecule has 0 saturated carbocycles. The molecule has 0 aliphatic heterocycles. The van der Waals surface area contributed by atoms with Gasteiger partial charge in [-0.3, -0.25) is 4.79 Å². The van der Waals surface area contributed by atoms with E-state index in [4.69, 9.17) is 9.26 Å². The number of carbonyl (C=O) groups excluding carboxylic acids is 1. The van der Waals surface area contributed by atoms with Gasteiger partial charge in [-0.25, -0.2) is 0 Å². The van der Waals surface area contributed by atoms with Gasteiger partial charge in [0.1, 0.15) is 5.75 Å². The summed E-state index contributed by atoms with van der Waals surface area (Å²) < 4.78 is 52.4. The van der Waals surface area contributed by atoms with Crippen molar-refractivity contribution in [2.75, 3.05) is 18.2 Å². The molecule has 3 aromatic rings. The third-order valence-corrected chi connectivity index (χ3v) is 4.87. The standard InChI is InChI=1S/C19H16F3N3O5S/c1-28-13-8-6-12(7-9-13)25-17(18(27)30-24-25)31-11-10-16(26)23-14-4-2-3-5-15(14)29-19(20,21)22/h2-9H,10-11H2,1H3,(H-,23,24,26,27). The Morgan fingerprint density at radius 2 is 1.94 bits per heavy atom.